The van der Waals surface area contributed by atoms with Crippen LogP contribution in [0.15, 0.2) is 29.2 Å². The molecule has 18 heavy (non-hydrogen) atoms. The van der Waals surface area contributed by atoms with Crippen LogP contribution in [0.4, 0.5) is 5.69 Å². The van der Waals surface area contributed by atoms with Crippen molar-refractivity contribution in [1.82, 2.24) is 5.32 Å². The lowest BCUT2D eigenvalue weighted by molar-refractivity contribution is 0.422. The zero-order chi connectivity index (χ0) is 12.8. The fraction of sp³-hybridized carbons (Fsp3) is 0.600. The van der Waals surface area contributed by atoms with E-state index in [0.717, 1.165) is 13.1 Å². The van der Waals surface area contributed by atoms with Crippen LogP contribution >= 0.6 is 11.8 Å². The molecule has 1 aromatic rings. The van der Waals surface area contributed by atoms with E-state index >= 15 is 0 Å². The van der Waals surface area contributed by atoms with Crippen molar-refractivity contribution in [1.29, 1.82) is 0 Å². The van der Waals surface area contributed by atoms with Crippen molar-refractivity contribution < 1.29 is 0 Å². The van der Waals surface area contributed by atoms with Gasteiger partial charge in [0.2, 0.25) is 0 Å². The van der Waals surface area contributed by atoms with Gasteiger partial charge in [0, 0.05) is 24.0 Å². The fourth-order valence-electron chi connectivity index (χ4n) is 2.60. The molecule has 1 aliphatic heterocycles. The fourth-order valence-corrected chi connectivity index (χ4v) is 3.22. The molecule has 1 aliphatic rings. The average Bonchev–Trinajstić information content (AvgIpc) is 2.45. The number of piperidine rings is 1. The minimum Gasteiger partial charge on any atom is -0.369 e. The van der Waals surface area contributed by atoms with E-state index < -0.39 is 0 Å². The molecular formula is C15H24N2S. The number of hydrogen-bond donors (Lipinski definition) is 1. The molecule has 1 N–H and O–H groups in total. The first-order valence-electron chi connectivity index (χ1n) is 6.96. The Labute approximate surface area is 115 Å². The van der Waals surface area contributed by atoms with Gasteiger partial charge in [0.05, 0.1) is 5.69 Å². The van der Waals surface area contributed by atoms with E-state index in [0.29, 0.717) is 6.04 Å². The summed E-state index contributed by atoms with van der Waals surface area (Å²) >= 11 is 1.85. The van der Waals surface area contributed by atoms with Gasteiger partial charge in [-0.1, -0.05) is 19.1 Å². The molecule has 1 atom stereocenters. The quantitative estimate of drug-likeness (QED) is 0.821. The van der Waals surface area contributed by atoms with Gasteiger partial charge in [0.25, 0.3) is 0 Å². The van der Waals surface area contributed by atoms with Crippen LogP contribution < -0.4 is 10.2 Å². The summed E-state index contributed by atoms with van der Waals surface area (Å²) in [7, 11) is 0. The summed E-state index contributed by atoms with van der Waals surface area (Å²) in [4.78, 5) is 3.94. The Hall–Kier alpha value is -0.670. The Bertz CT molecular complexity index is 367. The monoisotopic (exact) mass is 264 g/mol. The highest BCUT2D eigenvalue weighted by molar-refractivity contribution is 7.98. The molecule has 1 aromatic carbocycles. The van der Waals surface area contributed by atoms with Gasteiger partial charge < -0.3 is 10.2 Å². The summed E-state index contributed by atoms with van der Waals surface area (Å²) in [5.41, 5.74) is 1.41. The Morgan fingerprint density at radius 1 is 1.39 bits per heavy atom. The number of nitrogens with zero attached hydrogens (tertiary/aromatic N) is 1. The highest BCUT2D eigenvalue weighted by atomic mass is 32.2. The highest BCUT2D eigenvalue weighted by Crippen LogP contribution is 2.30. The van der Waals surface area contributed by atoms with Crippen molar-refractivity contribution in [3.05, 3.63) is 24.3 Å². The smallest absolute Gasteiger partial charge is 0.0504 e. The van der Waals surface area contributed by atoms with Crippen LogP contribution in [-0.4, -0.2) is 31.9 Å². The predicted octanol–water partition coefficient (Wildman–Crippen LogP) is 3.38. The van der Waals surface area contributed by atoms with Gasteiger partial charge in [-0.15, -0.1) is 11.8 Å². The number of anilines is 1. The molecule has 1 unspecified atom stereocenters. The van der Waals surface area contributed by atoms with Gasteiger partial charge in [0.1, 0.15) is 0 Å². The van der Waals surface area contributed by atoms with E-state index in [2.05, 4.69) is 47.7 Å². The van der Waals surface area contributed by atoms with E-state index in [-0.39, 0.29) is 0 Å². The molecule has 0 spiro atoms. The summed E-state index contributed by atoms with van der Waals surface area (Å²) in [6.45, 7) is 5.72. The number of para-hydroxylation sites is 1. The molecule has 2 nitrogen and oxygen atoms in total. The number of rotatable bonds is 5. The summed E-state index contributed by atoms with van der Waals surface area (Å²) < 4.78 is 0. The minimum absolute atomic E-state index is 0.661. The summed E-state index contributed by atoms with van der Waals surface area (Å²) in [6, 6.07) is 9.43. The molecule has 0 bridgehead atoms. The lowest BCUT2D eigenvalue weighted by Gasteiger charge is -2.35. The molecule has 0 aliphatic carbocycles. The lowest BCUT2D eigenvalue weighted by Crippen LogP contribution is -2.46. The second kappa shape index (κ2) is 7.05. The molecule has 0 amide bonds. The standard InChI is InChI=1S/C15H24N2S/c1-3-10-16-13-7-6-11-17(12-13)14-8-4-5-9-15(14)18-2/h4-5,8-9,13,16H,3,6-7,10-12H2,1-2H3. The lowest BCUT2D eigenvalue weighted by atomic mass is 10.0. The molecule has 2 rings (SSSR count). The van der Waals surface area contributed by atoms with Crippen LogP contribution in [0.25, 0.3) is 0 Å². The predicted molar refractivity (Wildman–Crippen MR) is 81.8 cm³/mol. The van der Waals surface area contributed by atoms with Crippen LogP contribution in [0.2, 0.25) is 0 Å². The first kappa shape index (κ1) is 13.8. The summed E-state index contributed by atoms with van der Waals surface area (Å²) in [5, 5.41) is 3.66. The van der Waals surface area contributed by atoms with Crippen molar-refractivity contribution in [2.75, 3.05) is 30.8 Å². The maximum absolute atomic E-state index is 3.66. The zero-order valence-electron chi connectivity index (χ0n) is 11.5. The molecule has 0 aromatic heterocycles. The summed E-state index contributed by atoms with van der Waals surface area (Å²) in [5.74, 6) is 0. The Kier molecular flexibility index (Phi) is 5.39. The third-order valence-corrected chi connectivity index (χ3v) is 4.32. The van der Waals surface area contributed by atoms with Gasteiger partial charge in [0.15, 0.2) is 0 Å². The normalized spacial score (nSPS) is 20.1. The minimum atomic E-state index is 0.661. The van der Waals surface area contributed by atoms with E-state index in [1.54, 1.807) is 0 Å². The maximum Gasteiger partial charge on any atom is 0.0504 e. The first-order chi connectivity index (χ1) is 8.85. The first-order valence-corrected chi connectivity index (χ1v) is 8.19. The third kappa shape index (κ3) is 3.42. The number of benzene rings is 1. The Balaban J connectivity index is 2.03. The number of hydrogen-bond acceptors (Lipinski definition) is 3. The third-order valence-electron chi connectivity index (χ3n) is 3.53. The molecular weight excluding hydrogens is 240 g/mol. The number of nitrogens with one attached hydrogen (secondary N) is 1. The van der Waals surface area contributed by atoms with Crippen LogP contribution in [0.5, 0.6) is 0 Å². The van der Waals surface area contributed by atoms with Gasteiger partial charge >= 0.3 is 0 Å². The SMILES string of the molecule is CCCNC1CCCN(c2ccccc2SC)C1. The van der Waals surface area contributed by atoms with Crippen molar-refractivity contribution in [3.8, 4) is 0 Å². The van der Waals surface area contributed by atoms with Crippen molar-refractivity contribution in [3.63, 3.8) is 0 Å². The molecule has 1 fully saturated rings. The van der Waals surface area contributed by atoms with Gasteiger partial charge in [-0.05, 0) is 44.2 Å². The second-order valence-electron chi connectivity index (χ2n) is 4.91. The van der Waals surface area contributed by atoms with Crippen molar-refractivity contribution in [2.24, 2.45) is 0 Å². The average molecular weight is 264 g/mol. The maximum atomic E-state index is 3.66. The van der Waals surface area contributed by atoms with Crippen LogP contribution in [0.1, 0.15) is 26.2 Å². The zero-order valence-corrected chi connectivity index (χ0v) is 12.3. The number of thioether (sulfide) groups is 1. The molecule has 0 saturated carbocycles. The topological polar surface area (TPSA) is 15.3 Å². The van der Waals surface area contributed by atoms with E-state index in [1.807, 2.05) is 11.8 Å². The van der Waals surface area contributed by atoms with Crippen molar-refractivity contribution in [2.45, 2.75) is 37.1 Å². The van der Waals surface area contributed by atoms with Gasteiger partial charge in [-0.2, -0.15) is 0 Å². The molecule has 0 radical (unpaired) electrons. The Morgan fingerprint density at radius 2 is 2.22 bits per heavy atom. The van der Waals surface area contributed by atoms with Crippen molar-refractivity contribution >= 4 is 17.4 Å². The van der Waals surface area contributed by atoms with E-state index in [9.17, 15) is 0 Å². The van der Waals surface area contributed by atoms with E-state index in [1.165, 1.54) is 36.4 Å². The van der Waals surface area contributed by atoms with Crippen LogP contribution in [0.3, 0.4) is 0 Å². The molecule has 3 heteroatoms. The second-order valence-corrected chi connectivity index (χ2v) is 5.76. The van der Waals surface area contributed by atoms with Crippen LogP contribution in [0, 0.1) is 0 Å². The molecule has 1 saturated heterocycles. The molecule has 1 heterocycles. The van der Waals surface area contributed by atoms with Crippen LogP contribution in [-0.2, 0) is 0 Å². The summed E-state index contributed by atoms with van der Waals surface area (Å²) in [6.07, 6.45) is 6.00. The Morgan fingerprint density at radius 3 is 3.00 bits per heavy atom. The van der Waals surface area contributed by atoms with Gasteiger partial charge in [-0.3, -0.25) is 0 Å². The molecule has 100 valence electrons. The van der Waals surface area contributed by atoms with E-state index in [4.69, 9.17) is 0 Å². The largest absolute Gasteiger partial charge is 0.369 e. The highest BCUT2D eigenvalue weighted by Gasteiger charge is 2.20. The van der Waals surface area contributed by atoms with Gasteiger partial charge in [-0.25, -0.2) is 0 Å².